The van der Waals surface area contributed by atoms with Crippen LogP contribution in [-0.4, -0.2) is 71.4 Å². The summed E-state index contributed by atoms with van der Waals surface area (Å²) in [5, 5.41) is 2.70. The van der Waals surface area contributed by atoms with Crippen molar-refractivity contribution < 1.29 is 14.3 Å². The van der Waals surface area contributed by atoms with Gasteiger partial charge in [0.1, 0.15) is 11.6 Å². The molecular formula is C22H25N5O3. The molecule has 1 aliphatic rings. The molecule has 156 valence electrons. The van der Waals surface area contributed by atoms with Crippen LogP contribution in [0.4, 0.5) is 0 Å². The Balaban J connectivity index is 1.25. The zero-order chi connectivity index (χ0) is 20.9. The Bertz CT molecular complexity index is 1030. The maximum absolute atomic E-state index is 12.4. The van der Waals surface area contributed by atoms with E-state index in [-0.39, 0.29) is 18.4 Å². The first-order valence-corrected chi connectivity index (χ1v) is 9.98. The molecule has 8 nitrogen and oxygen atoms in total. The monoisotopic (exact) mass is 407 g/mol. The molecule has 1 aliphatic heterocycles. The lowest BCUT2D eigenvalue weighted by molar-refractivity contribution is -0.131. The summed E-state index contributed by atoms with van der Waals surface area (Å²) in [6.45, 7) is 3.50. The fourth-order valence-corrected chi connectivity index (χ4v) is 3.57. The third-order valence-corrected chi connectivity index (χ3v) is 5.27. The molecule has 3 aromatic rings. The molecule has 0 spiro atoms. The van der Waals surface area contributed by atoms with Gasteiger partial charge in [-0.3, -0.25) is 14.5 Å². The van der Waals surface area contributed by atoms with Crippen LogP contribution >= 0.6 is 0 Å². The zero-order valence-corrected chi connectivity index (χ0v) is 16.9. The summed E-state index contributed by atoms with van der Waals surface area (Å²) in [7, 11) is 1.65. The molecule has 2 heterocycles. The molecule has 1 saturated heterocycles. The molecule has 1 aromatic heterocycles. The lowest BCUT2D eigenvalue weighted by atomic mass is 10.2. The standard InChI is InChI=1S/C22H25N5O3/c1-30-17-7-8-18-19(13-17)25-20(24-18)15-26-9-11-27(12-10-26)21(28)14-23-22(29)16-5-3-2-4-6-16/h2-8,13H,9-12,14-15H2,1H3,(H,23,29)(H,24,25). The van der Waals surface area contributed by atoms with Gasteiger partial charge in [-0.15, -0.1) is 0 Å². The van der Waals surface area contributed by atoms with E-state index < -0.39 is 0 Å². The summed E-state index contributed by atoms with van der Waals surface area (Å²) in [5.74, 6) is 1.40. The number of nitrogens with one attached hydrogen (secondary N) is 2. The highest BCUT2D eigenvalue weighted by Crippen LogP contribution is 2.19. The smallest absolute Gasteiger partial charge is 0.251 e. The molecule has 1 fully saturated rings. The van der Waals surface area contributed by atoms with E-state index in [2.05, 4.69) is 20.2 Å². The van der Waals surface area contributed by atoms with Crippen LogP contribution < -0.4 is 10.1 Å². The highest BCUT2D eigenvalue weighted by atomic mass is 16.5. The van der Waals surface area contributed by atoms with Crippen molar-refractivity contribution in [3.63, 3.8) is 0 Å². The average Bonchev–Trinajstić information content (AvgIpc) is 3.19. The second-order valence-corrected chi connectivity index (χ2v) is 7.27. The quantitative estimate of drug-likeness (QED) is 0.648. The number of piperazine rings is 1. The van der Waals surface area contributed by atoms with Gasteiger partial charge in [0.05, 0.1) is 31.2 Å². The lowest BCUT2D eigenvalue weighted by Gasteiger charge is -2.34. The number of amides is 2. The molecule has 2 aromatic carbocycles. The molecule has 8 heteroatoms. The number of hydrogen-bond acceptors (Lipinski definition) is 5. The van der Waals surface area contributed by atoms with Crippen molar-refractivity contribution in [2.75, 3.05) is 39.8 Å². The van der Waals surface area contributed by atoms with E-state index in [1.54, 1.807) is 36.3 Å². The number of H-pyrrole nitrogens is 1. The van der Waals surface area contributed by atoms with Gasteiger partial charge in [0.15, 0.2) is 0 Å². The van der Waals surface area contributed by atoms with Crippen LogP contribution in [-0.2, 0) is 11.3 Å². The predicted molar refractivity (Wildman–Crippen MR) is 113 cm³/mol. The Labute approximate surface area is 174 Å². The van der Waals surface area contributed by atoms with Gasteiger partial charge in [-0.25, -0.2) is 4.98 Å². The van der Waals surface area contributed by atoms with Crippen LogP contribution in [0.15, 0.2) is 48.5 Å². The molecule has 4 rings (SSSR count). The molecule has 2 amide bonds. The maximum Gasteiger partial charge on any atom is 0.251 e. The number of hydrogen-bond donors (Lipinski definition) is 2. The molecule has 0 radical (unpaired) electrons. The lowest BCUT2D eigenvalue weighted by Crippen LogP contribution is -2.50. The van der Waals surface area contributed by atoms with Crippen molar-refractivity contribution in [2.24, 2.45) is 0 Å². The second kappa shape index (κ2) is 8.96. The van der Waals surface area contributed by atoms with Crippen LogP contribution in [0.2, 0.25) is 0 Å². The van der Waals surface area contributed by atoms with Gasteiger partial charge in [0.25, 0.3) is 5.91 Å². The van der Waals surface area contributed by atoms with Crippen LogP contribution in [0.5, 0.6) is 5.75 Å². The number of fused-ring (bicyclic) bond motifs is 1. The molecule has 0 saturated carbocycles. The third-order valence-electron chi connectivity index (χ3n) is 5.27. The number of aromatic nitrogens is 2. The number of benzene rings is 2. The third kappa shape index (κ3) is 4.60. The van der Waals surface area contributed by atoms with Gasteiger partial charge in [-0.2, -0.15) is 0 Å². The molecule has 0 bridgehead atoms. The SMILES string of the molecule is COc1ccc2nc(CN3CCN(C(=O)CNC(=O)c4ccccc4)CC3)[nH]c2c1. The molecular weight excluding hydrogens is 382 g/mol. The van der Waals surface area contributed by atoms with E-state index in [0.717, 1.165) is 35.7 Å². The minimum absolute atomic E-state index is 0.0130. The Hall–Kier alpha value is -3.39. The van der Waals surface area contributed by atoms with Crippen molar-refractivity contribution in [1.82, 2.24) is 25.1 Å². The molecule has 0 unspecified atom stereocenters. The number of ether oxygens (including phenoxy) is 1. The van der Waals surface area contributed by atoms with E-state index in [1.165, 1.54) is 0 Å². The van der Waals surface area contributed by atoms with E-state index >= 15 is 0 Å². The zero-order valence-electron chi connectivity index (χ0n) is 16.9. The Morgan fingerprint density at radius 3 is 2.60 bits per heavy atom. The van der Waals surface area contributed by atoms with Gasteiger partial charge < -0.3 is 19.9 Å². The summed E-state index contributed by atoms with van der Waals surface area (Å²) in [6, 6.07) is 14.7. The highest BCUT2D eigenvalue weighted by molar-refractivity contribution is 5.96. The first-order chi connectivity index (χ1) is 14.6. The molecule has 0 atom stereocenters. The number of nitrogens with zero attached hydrogens (tertiary/aromatic N) is 3. The summed E-state index contributed by atoms with van der Waals surface area (Å²) in [5.41, 5.74) is 2.42. The van der Waals surface area contributed by atoms with Gasteiger partial charge >= 0.3 is 0 Å². The normalized spacial score (nSPS) is 14.6. The Morgan fingerprint density at radius 1 is 1.10 bits per heavy atom. The van der Waals surface area contributed by atoms with Gasteiger partial charge in [0.2, 0.25) is 5.91 Å². The van der Waals surface area contributed by atoms with Crippen LogP contribution in [0.1, 0.15) is 16.2 Å². The number of aromatic amines is 1. The summed E-state index contributed by atoms with van der Waals surface area (Å²) < 4.78 is 5.25. The van der Waals surface area contributed by atoms with E-state index in [4.69, 9.17) is 4.74 Å². The summed E-state index contributed by atoms with van der Waals surface area (Å²) >= 11 is 0. The minimum Gasteiger partial charge on any atom is -0.497 e. The average molecular weight is 407 g/mol. The Morgan fingerprint density at radius 2 is 1.87 bits per heavy atom. The van der Waals surface area contributed by atoms with Crippen molar-refractivity contribution >= 4 is 22.8 Å². The van der Waals surface area contributed by atoms with E-state index in [0.29, 0.717) is 25.2 Å². The maximum atomic E-state index is 12.4. The number of imidazole rings is 1. The van der Waals surface area contributed by atoms with Crippen molar-refractivity contribution in [2.45, 2.75) is 6.54 Å². The van der Waals surface area contributed by atoms with E-state index in [1.807, 2.05) is 24.3 Å². The fraction of sp³-hybridized carbons (Fsp3) is 0.318. The highest BCUT2D eigenvalue weighted by Gasteiger charge is 2.22. The van der Waals surface area contributed by atoms with Gasteiger partial charge in [0, 0.05) is 37.8 Å². The summed E-state index contributed by atoms with van der Waals surface area (Å²) in [6.07, 6.45) is 0. The number of carbonyl (C=O) groups excluding carboxylic acids is 2. The van der Waals surface area contributed by atoms with Crippen molar-refractivity contribution in [1.29, 1.82) is 0 Å². The molecule has 0 aliphatic carbocycles. The number of methoxy groups -OCH3 is 1. The number of carbonyl (C=O) groups is 2. The topological polar surface area (TPSA) is 90.6 Å². The number of rotatable bonds is 6. The van der Waals surface area contributed by atoms with Crippen LogP contribution in [0.3, 0.4) is 0 Å². The minimum atomic E-state index is -0.232. The molecule has 30 heavy (non-hydrogen) atoms. The largest absolute Gasteiger partial charge is 0.497 e. The van der Waals surface area contributed by atoms with Crippen molar-refractivity contribution in [3.8, 4) is 5.75 Å². The van der Waals surface area contributed by atoms with Gasteiger partial charge in [-0.05, 0) is 24.3 Å². The predicted octanol–water partition coefficient (Wildman–Crippen LogP) is 1.65. The second-order valence-electron chi connectivity index (χ2n) is 7.27. The first-order valence-electron chi connectivity index (χ1n) is 9.98. The molecule has 2 N–H and O–H groups in total. The van der Waals surface area contributed by atoms with Gasteiger partial charge in [-0.1, -0.05) is 18.2 Å². The Kier molecular flexibility index (Phi) is 5.94. The first kappa shape index (κ1) is 19.9. The van der Waals surface area contributed by atoms with E-state index in [9.17, 15) is 9.59 Å². The fourth-order valence-electron chi connectivity index (χ4n) is 3.57. The summed E-state index contributed by atoms with van der Waals surface area (Å²) in [4.78, 5) is 36.6. The van der Waals surface area contributed by atoms with Crippen LogP contribution in [0, 0.1) is 0 Å². The van der Waals surface area contributed by atoms with Crippen molar-refractivity contribution in [3.05, 3.63) is 59.9 Å². The van der Waals surface area contributed by atoms with Crippen LogP contribution in [0.25, 0.3) is 11.0 Å².